The predicted octanol–water partition coefficient (Wildman–Crippen LogP) is 2.58. The first-order chi connectivity index (χ1) is 6.20. The third-order valence-corrected chi connectivity index (χ3v) is 3.92. The molecule has 3 rings (SSSR count). The van der Waals surface area contributed by atoms with E-state index in [0.29, 0.717) is 0 Å². The van der Waals surface area contributed by atoms with Crippen molar-refractivity contribution in [1.29, 1.82) is 0 Å². The molecular weight excluding hydrogens is 158 g/mol. The van der Waals surface area contributed by atoms with Crippen molar-refractivity contribution in [2.75, 3.05) is 26.2 Å². The number of hydrogen-bond acceptors (Lipinski definition) is 0. The molecule has 1 heteroatoms. The van der Waals surface area contributed by atoms with Crippen molar-refractivity contribution in [2.45, 2.75) is 33.1 Å². The van der Waals surface area contributed by atoms with Gasteiger partial charge in [0, 0.05) is 0 Å². The lowest BCUT2D eigenvalue weighted by molar-refractivity contribution is -0.937. The summed E-state index contributed by atoms with van der Waals surface area (Å²) < 4.78 is 1.40. The summed E-state index contributed by atoms with van der Waals surface area (Å²) in [5, 5.41) is 0. The van der Waals surface area contributed by atoms with Crippen molar-refractivity contribution in [3.05, 3.63) is 11.6 Å². The van der Waals surface area contributed by atoms with Crippen LogP contribution < -0.4 is 0 Å². The Kier molecular flexibility index (Phi) is 2.46. The SMILES string of the molecule is CC(C)=CC[N+]12CCC(CC1)CC2. The zero-order chi connectivity index (χ0) is 9.31. The van der Waals surface area contributed by atoms with Crippen LogP contribution in [0.25, 0.3) is 0 Å². The molecule has 3 saturated heterocycles. The highest BCUT2D eigenvalue weighted by Gasteiger charge is 2.38. The average Bonchev–Trinajstić information content (AvgIpc) is 2.18. The molecule has 74 valence electrons. The van der Waals surface area contributed by atoms with Crippen LogP contribution in [0.4, 0.5) is 0 Å². The predicted molar refractivity (Wildman–Crippen MR) is 56.5 cm³/mol. The molecule has 0 saturated carbocycles. The minimum absolute atomic E-state index is 1.09. The highest BCUT2D eigenvalue weighted by atomic mass is 15.4. The van der Waals surface area contributed by atoms with E-state index in [1.165, 1.54) is 55.5 Å². The Morgan fingerprint density at radius 3 is 2.15 bits per heavy atom. The average molecular weight is 180 g/mol. The molecule has 0 aromatic rings. The van der Waals surface area contributed by atoms with Gasteiger partial charge >= 0.3 is 0 Å². The topological polar surface area (TPSA) is 0 Å². The maximum Gasteiger partial charge on any atom is 0.0976 e. The lowest BCUT2D eigenvalue weighted by Crippen LogP contribution is -2.58. The molecule has 0 aliphatic carbocycles. The summed E-state index contributed by atoms with van der Waals surface area (Å²) in [6.45, 7) is 10.1. The first-order valence-electron chi connectivity index (χ1n) is 5.69. The zero-order valence-electron chi connectivity index (χ0n) is 9.05. The third-order valence-electron chi connectivity index (χ3n) is 3.92. The maximum atomic E-state index is 2.44. The van der Waals surface area contributed by atoms with E-state index in [0.717, 1.165) is 5.92 Å². The van der Waals surface area contributed by atoms with Crippen LogP contribution in [0.3, 0.4) is 0 Å². The fourth-order valence-electron chi connectivity index (χ4n) is 2.79. The second-order valence-electron chi connectivity index (χ2n) is 5.21. The van der Waals surface area contributed by atoms with Gasteiger partial charge in [0.05, 0.1) is 26.2 Å². The molecule has 3 aliphatic heterocycles. The van der Waals surface area contributed by atoms with Crippen LogP contribution in [0, 0.1) is 5.92 Å². The van der Waals surface area contributed by atoms with E-state index >= 15 is 0 Å². The van der Waals surface area contributed by atoms with Crippen molar-refractivity contribution in [2.24, 2.45) is 5.92 Å². The van der Waals surface area contributed by atoms with Crippen LogP contribution in [0.2, 0.25) is 0 Å². The van der Waals surface area contributed by atoms with Crippen LogP contribution in [-0.4, -0.2) is 30.7 Å². The van der Waals surface area contributed by atoms with Gasteiger partial charge in [0.2, 0.25) is 0 Å². The van der Waals surface area contributed by atoms with Crippen LogP contribution in [0.15, 0.2) is 11.6 Å². The molecule has 0 unspecified atom stereocenters. The summed E-state index contributed by atoms with van der Waals surface area (Å²) >= 11 is 0. The summed E-state index contributed by atoms with van der Waals surface area (Å²) in [6, 6.07) is 0. The summed E-state index contributed by atoms with van der Waals surface area (Å²) in [4.78, 5) is 0. The van der Waals surface area contributed by atoms with E-state index in [1.807, 2.05) is 0 Å². The van der Waals surface area contributed by atoms with Gasteiger partial charge in [0.1, 0.15) is 0 Å². The third kappa shape index (κ3) is 1.96. The fraction of sp³-hybridized carbons (Fsp3) is 0.833. The quantitative estimate of drug-likeness (QED) is 0.452. The number of rotatable bonds is 2. The van der Waals surface area contributed by atoms with Gasteiger partial charge in [-0.05, 0) is 45.1 Å². The van der Waals surface area contributed by atoms with E-state index in [4.69, 9.17) is 0 Å². The maximum absolute atomic E-state index is 2.44. The smallest absolute Gasteiger partial charge is 0.0976 e. The molecule has 1 nitrogen and oxygen atoms in total. The van der Waals surface area contributed by atoms with Crippen LogP contribution in [0.5, 0.6) is 0 Å². The van der Waals surface area contributed by atoms with Crippen LogP contribution >= 0.6 is 0 Å². The van der Waals surface area contributed by atoms with Gasteiger partial charge in [-0.1, -0.05) is 5.57 Å². The zero-order valence-corrected chi connectivity index (χ0v) is 9.05. The monoisotopic (exact) mass is 180 g/mol. The molecule has 0 N–H and O–H groups in total. The Morgan fingerprint density at radius 2 is 1.69 bits per heavy atom. The Labute approximate surface area is 82.0 Å². The molecule has 0 atom stereocenters. The summed E-state index contributed by atoms with van der Waals surface area (Å²) in [5.41, 5.74) is 1.49. The first kappa shape index (κ1) is 9.26. The van der Waals surface area contributed by atoms with Crippen molar-refractivity contribution in [3.8, 4) is 0 Å². The molecule has 3 fully saturated rings. The molecule has 13 heavy (non-hydrogen) atoms. The molecule has 0 spiro atoms. The highest BCUT2D eigenvalue weighted by molar-refractivity contribution is 4.93. The molecular formula is C12H22N+. The van der Waals surface area contributed by atoms with E-state index < -0.39 is 0 Å². The van der Waals surface area contributed by atoms with E-state index in [2.05, 4.69) is 19.9 Å². The van der Waals surface area contributed by atoms with Crippen molar-refractivity contribution < 1.29 is 4.48 Å². The van der Waals surface area contributed by atoms with E-state index in [9.17, 15) is 0 Å². The first-order valence-corrected chi connectivity index (χ1v) is 5.69. The molecule has 0 radical (unpaired) electrons. The van der Waals surface area contributed by atoms with Crippen molar-refractivity contribution in [1.82, 2.24) is 0 Å². The summed E-state index contributed by atoms with van der Waals surface area (Å²) in [5.74, 6) is 1.09. The van der Waals surface area contributed by atoms with Crippen molar-refractivity contribution in [3.63, 3.8) is 0 Å². The number of nitrogens with zero attached hydrogens (tertiary/aromatic N) is 1. The largest absolute Gasteiger partial charge is 0.320 e. The minimum Gasteiger partial charge on any atom is -0.320 e. The summed E-state index contributed by atoms with van der Waals surface area (Å²) in [7, 11) is 0. The number of fused-ring (bicyclic) bond motifs is 3. The summed E-state index contributed by atoms with van der Waals surface area (Å²) in [6.07, 6.45) is 6.93. The normalized spacial score (nSPS) is 37.5. The molecule has 0 aromatic heterocycles. The Hall–Kier alpha value is -0.300. The van der Waals surface area contributed by atoms with Gasteiger partial charge in [-0.15, -0.1) is 0 Å². The van der Waals surface area contributed by atoms with Gasteiger partial charge in [0.25, 0.3) is 0 Å². The van der Waals surface area contributed by atoms with E-state index in [1.54, 1.807) is 0 Å². The van der Waals surface area contributed by atoms with Crippen LogP contribution in [-0.2, 0) is 0 Å². The molecule has 2 bridgehead atoms. The second-order valence-corrected chi connectivity index (χ2v) is 5.21. The highest BCUT2D eigenvalue weighted by Crippen LogP contribution is 2.33. The van der Waals surface area contributed by atoms with Crippen LogP contribution in [0.1, 0.15) is 33.1 Å². The fourth-order valence-corrected chi connectivity index (χ4v) is 2.79. The lowest BCUT2D eigenvalue weighted by Gasteiger charge is -2.48. The molecule has 3 aliphatic rings. The van der Waals surface area contributed by atoms with Gasteiger partial charge in [-0.25, -0.2) is 0 Å². The number of hydrogen-bond donors (Lipinski definition) is 0. The minimum atomic E-state index is 1.09. The standard InChI is InChI=1S/C12H22N/c1-11(2)3-7-13-8-4-12(5-9-13)6-10-13/h3,12H,4-10H2,1-2H3/q+1. The number of quaternary nitrogens is 1. The second kappa shape index (κ2) is 3.45. The Balaban J connectivity index is 1.98. The van der Waals surface area contributed by atoms with Gasteiger partial charge in [0.15, 0.2) is 0 Å². The molecule has 0 amide bonds. The Morgan fingerprint density at radius 1 is 1.15 bits per heavy atom. The van der Waals surface area contributed by atoms with Crippen molar-refractivity contribution >= 4 is 0 Å². The molecule has 3 heterocycles. The van der Waals surface area contributed by atoms with Gasteiger partial charge in [-0.2, -0.15) is 0 Å². The van der Waals surface area contributed by atoms with Gasteiger partial charge in [-0.3, -0.25) is 0 Å². The Bertz CT molecular complexity index is 191. The lowest BCUT2D eigenvalue weighted by atomic mass is 9.86. The van der Waals surface area contributed by atoms with E-state index in [-0.39, 0.29) is 0 Å². The number of allylic oxidation sites excluding steroid dienone is 1. The van der Waals surface area contributed by atoms with Gasteiger partial charge < -0.3 is 4.48 Å². The number of piperidine rings is 3. The molecule has 0 aromatic carbocycles.